The molecule has 0 radical (unpaired) electrons. The van der Waals surface area contributed by atoms with E-state index in [4.69, 9.17) is 10.5 Å². The number of methoxy groups -OCH3 is 1. The maximum absolute atomic E-state index is 12.0. The Labute approximate surface area is 171 Å². The van der Waals surface area contributed by atoms with Crippen molar-refractivity contribution in [3.8, 4) is 0 Å². The fraction of sp³-hybridized carbons (Fsp3) is 0.263. The number of nitrogens with one attached hydrogen (secondary N) is 2. The zero-order valence-corrected chi connectivity index (χ0v) is 17.3. The van der Waals surface area contributed by atoms with Crippen molar-refractivity contribution in [3.05, 3.63) is 59.7 Å². The number of anilines is 2. The molecule has 0 saturated carbocycles. The number of carbonyl (C=O) groups excluding carboxylic acids is 1. The van der Waals surface area contributed by atoms with Crippen LogP contribution >= 0.6 is 24.0 Å². The summed E-state index contributed by atoms with van der Waals surface area (Å²) in [5, 5.41) is 5.82. The molecule has 26 heavy (non-hydrogen) atoms. The molecule has 0 heterocycles. The van der Waals surface area contributed by atoms with E-state index in [9.17, 15) is 4.79 Å². The highest BCUT2D eigenvalue weighted by Gasteiger charge is 2.05. The zero-order valence-electron chi connectivity index (χ0n) is 15.0. The number of halogens is 1. The van der Waals surface area contributed by atoms with Gasteiger partial charge in [0.15, 0.2) is 5.96 Å². The van der Waals surface area contributed by atoms with E-state index in [-0.39, 0.29) is 42.4 Å². The molecule has 0 aromatic heterocycles. The van der Waals surface area contributed by atoms with Gasteiger partial charge in [0.2, 0.25) is 5.91 Å². The van der Waals surface area contributed by atoms with Crippen LogP contribution in [0.15, 0.2) is 53.5 Å². The van der Waals surface area contributed by atoms with Crippen LogP contribution < -0.4 is 16.4 Å². The first-order chi connectivity index (χ1) is 12.1. The number of aliphatic imine (C=N–C) groups is 1. The average molecular weight is 468 g/mol. The minimum atomic E-state index is -0.219. The normalized spacial score (nSPS) is 10.8. The molecule has 140 valence electrons. The molecule has 4 N–H and O–H groups in total. The van der Waals surface area contributed by atoms with Crippen LogP contribution in [0.5, 0.6) is 0 Å². The van der Waals surface area contributed by atoms with E-state index >= 15 is 0 Å². The van der Waals surface area contributed by atoms with Gasteiger partial charge in [-0.25, -0.2) is 4.99 Å². The standard InChI is InChI=1S/C19H24N4O2.HI/c1-3-14-7-6-9-16(11-14)22-18(24)12-21-19(20)23-17-10-5-4-8-15(17)13-25-2;/h4-11H,3,12-13H2,1-2H3,(H,22,24)(H3,20,21,23);1H. The van der Waals surface area contributed by atoms with Crippen molar-refractivity contribution in [1.29, 1.82) is 0 Å². The van der Waals surface area contributed by atoms with E-state index in [0.717, 1.165) is 28.9 Å². The Morgan fingerprint density at radius 2 is 1.92 bits per heavy atom. The van der Waals surface area contributed by atoms with Gasteiger partial charge < -0.3 is 21.1 Å². The molecule has 0 aliphatic carbocycles. The van der Waals surface area contributed by atoms with Crippen molar-refractivity contribution < 1.29 is 9.53 Å². The van der Waals surface area contributed by atoms with Crippen LogP contribution in [0, 0.1) is 0 Å². The number of benzene rings is 2. The van der Waals surface area contributed by atoms with Gasteiger partial charge in [-0.3, -0.25) is 4.79 Å². The molecule has 2 rings (SSSR count). The summed E-state index contributed by atoms with van der Waals surface area (Å²) in [5.41, 5.74) is 9.57. The summed E-state index contributed by atoms with van der Waals surface area (Å²) >= 11 is 0. The van der Waals surface area contributed by atoms with Gasteiger partial charge in [-0.05, 0) is 30.2 Å². The van der Waals surface area contributed by atoms with Gasteiger partial charge in [0.05, 0.1) is 6.61 Å². The third kappa shape index (κ3) is 7.01. The molecule has 0 fully saturated rings. The van der Waals surface area contributed by atoms with E-state index in [1.165, 1.54) is 0 Å². The highest BCUT2D eigenvalue weighted by molar-refractivity contribution is 14.0. The SMILES string of the molecule is CCc1cccc(NC(=O)CN=C(N)Nc2ccccc2COC)c1.I. The fourth-order valence-electron chi connectivity index (χ4n) is 2.33. The summed E-state index contributed by atoms with van der Waals surface area (Å²) in [6.07, 6.45) is 0.916. The van der Waals surface area contributed by atoms with Crippen LogP contribution in [-0.4, -0.2) is 25.5 Å². The van der Waals surface area contributed by atoms with E-state index in [1.54, 1.807) is 7.11 Å². The van der Waals surface area contributed by atoms with Crippen molar-refractivity contribution in [2.24, 2.45) is 10.7 Å². The molecule has 2 aromatic carbocycles. The zero-order chi connectivity index (χ0) is 18.1. The largest absolute Gasteiger partial charge is 0.380 e. The second kappa shape index (κ2) is 11.5. The molecule has 1 amide bonds. The lowest BCUT2D eigenvalue weighted by atomic mass is 10.1. The molecular formula is C19H25IN4O2. The Kier molecular flexibility index (Phi) is 9.67. The number of hydrogen-bond donors (Lipinski definition) is 3. The van der Waals surface area contributed by atoms with Crippen LogP contribution in [0.4, 0.5) is 11.4 Å². The van der Waals surface area contributed by atoms with Crippen LogP contribution in [0.2, 0.25) is 0 Å². The summed E-state index contributed by atoms with van der Waals surface area (Å²) in [6.45, 7) is 2.48. The third-order valence-corrected chi connectivity index (χ3v) is 3.59. The Morgan fingerprint density at radius 3 is 2.65 bits per heavy atom. The van der Waals surface area contributed by atoms with Crippen LogP contribution in [0.25, 0.3) is 0 Å². The quantitative estimate of drug-likeness (QED) is 0.330. The van der Waals surface area contributed by atoms with E-state index in [0.29, 0.717) is 6.61 Å². The molecule has 0 unspecified atom stereocenters. The van der Waals surface area contributed by atoms with Gasteiger partial charge in [0, 0.05) is 24.0 Å². The van der Waals surface area contributed by atoms with Gasteiger partial charge in [0.1, 0.15) is 6.54 Å². The van der Waals surface area contributed by atoms with Crippen LogP contribution in [0.3, 0.4) is 0 Å². The lowest BCUT2D eigenvalue weighted by Crippen LogP contribution is -2.26. The highest BCUT2D eigenvalue weighted by Crippen LogP contribution is 2.15. The molecule has 0 aliphatic rings. The van der Waals surface area contributed by atoms with Crippen molar-refractivity contribution in [2.75, 3.05) is 24.3 Å². The van der Waals surface area contributed by atoms with Gasteiger partial charge in [-0.2, -0.15) is 0 Å². The smallest absolute Gasteiger partial charge is 0.246 e. The first-order valence-electron chi connectivity index (χ1n) is 8.15. The molecule has 0 bridgehead atoms. The number of amides is 1. The number of carbonyl (C=O) groups is 1. The summed E-state index contributed by atoms with van der Waals surface area (Å²) in [5.74, 6) is -0.0378. The Hall–Kier alpha value is -2.13. The Morgan fingerprint density at radius 1 is 1.15 bits per heavy atom. The van der Waals surface area contributed by atoms with Gasteiger partial charge in [0.25, 0.3) is 0 Å². The summed E-state index contributed by atoms with van der Waals surface area (Å²) in [6, 6.07) is 15.4. The number of para-hydroxylation sites is 1. The fourth-order valence-corrected chi connectivity index (χ4v) is 2.33. The molecular weight excluding hydrogens is 443 g/mol. The van der Waals surface area contributed by atoms with Crippen LogP contribution in [0.1, 0.15) is 18.1 Å². The summed E-state index contributed by atoms with van der Waals surface area (Å²) < 4.78 is 5.15. The molecule has 2 aromatic rings. The van der Waals surface area contributed by atoms with E-state index < -0.39 is 0 Å². The monoisotopic (exact) mass is 468 g/mol. The van der Waals surface area contributed by atoms with Crippen molar-refractivity contribution in [2.45, 2.75) is 20.0 Å². The summed E-state index contributed by atoms with van der Waals surface area (Å²) in [7, 11) is 1.63. The maximum Gasteiger partial charge on any atom is 0.246 e. The number of ether oxygens (including phenoxy) is 1. The summed E-state index contributed by atoms with van der Waals surface area (Å²) in [4.78, 5) is 16.1. The predicted octanol–water partition coefficient (Wildman–Crippen LogP) is 3.38. The number of rotatable bonds is 7. The number of nitrogens with two attached hydrogens (primary N) is 1. The second-order valence-electron chi connectivity index (χ2n) is 5.52. The van der Waals surface area contributed by atoms with E-state index in [2.05, 4.69) is 22.5 Å². The molecule has 0 spiro atoms. The lowest BCUT2D eigenvalue weighted by molar-refractivity contribution is -0.114. The number of guanidine groups is 1. The van der Waals surface area contributed by atoms with Gasteiger partial charge in [-0.15, -0.1) is 24.0 Å². The van der Waals surface area contributed by atoms with Gasteiger partial charge in [-0.1, -0.05) is 37.3 Å². The maximum atomic E-state index is 12.0. The minimum absolute atomic E-state index is 0. The van der Waals surface area contributed by atoms with E-state index in [1.807, 2.05) is 48.5 Å². The molecule has 6 nitrogen and oxygen atoms in total. The van der Waals surface area contributed by atoms with Crippen molar-refractivity contribution in [1.82, 2.24) is 0 Å². The molecule has 0 atom stereocenters. The predicted molar refractivity (Wildman–Crippen MR) is 117 cm³/mol. The topological polar surface area (TPSA) is 88.7 Å². The van der Waals surface area contributed by atoms with Crippen molar-refractivity contribution in [3.63, 3.8) is 0 Å². The van der Waals surface area contributed by atoms with Crippen molar-refractivity contribution >= 4 is 47.2 Å². The van der Waals surface area contributed by atoms with Gasteiger partial charge >= 0.3 is 0 Å². The molecule has 0 saturated heterocycles. The Bertz CT molecular complexity index is 750. The number of hydrogen-bond acceptors (Lipinski definition) is 3. The molecule has 0 aliphatic heterocycles. The first-order valence-corrected chi connectivity index (χ1v) is 8.15. The van der Waals surface area contributed by atoms with Crippen LogP contribution in [-0.2, 0) is 22.6 Å². The lowest BCUT2D eigenvalue weighted by Gasteiger charge is -2.11. The second-order valence-corrected chi connectivity index (χ2v) is 5.52. The number of aryl methyl sites for hydroxylation is 1. The number of nitrogens with zero attached hydrogens (tertiary/aromatic N) is 1. The first kappa shape index (κ1) is 21.9. The third-order valence-electron chi connectivity index (χ3n) is 3.59. The molecule has 7 heteroatoms. The average Bonchev–Trinajstić information content (AvgIpc) is 2.62. The minimum Gasteiger partial charge on any atom is -0.380 e. The Balaban J connectivity index is 0.00000338. The highest BCUT2D eigenvalue weighted by atomic mass is 127.